The van der Waals surface area contributed by atoms with Crippen molar-refractivity contribution in [2.45, 2.75) is 13.3 Å². The highest BCUT2D eigenvalue weighted by Crippen LogP contribution is 2.52. The molecule has 2 fully saturated rings. The topological polar surface area (TPSA) is 49.7 Å². The predicted molar refractivity (Wildman–Crippen MR) is 76.2 cm³/mol. The first-order chi connectivity index (χ1) is 9.65. The van der Waals surface area contributed by atoms with Crippen molar-refractivity contribution in [2.75, 3.05) is 0 Å². The Hall–Kier alpha value is -1.75. The molecule has 0 N–H and O–H groups in total. The molecule has 0 radical (unpaired) electrons. The molecule has 0 aromatic carbocycles. The number of fused-ring (bicyclic) bond motifs is 5. The van der Waals surface area contributed by atoms with Crippen molar-refractivity contribution in [3.05, 3.63) is 34.0 Å². The summed E-state index contributed by atoms with van der Waals surface area (Å²) in [5, 5.41) is 5.23. The third-order valence-corrected chi connectivity index (χ3v) is 5.44. The number of amides is 2. The zero-order valence-corrected chi connectivity index (χ0v) is 11.8. The van der Waals surface area contributed by atoms with E-state index in [9.17, 15) is 9.59 Å². The maximum absolute atomic E-state index is 12.4. The summed E-state index contributed by atoms with van der Waals surface area (Å²) in [7, 11) is 0. The summed E-state index contributed by atoms with van der Waals surface area (Å²) in [6.07, 6.45) is 6.75. The van der Waals surface area contributed by atoms with E-state index >= 15 is 0 Å². The number of carbonyl (C=O) groups is 2. The second-order valence-corrected chi connectivity index (χ2v) is 7.00. The van der Waals surface area contributed by atoms with Crippen LogP contribution in [-0.2, 0) is 9.59 Å². The third kappa shape index (κ3) is 1.56. The van der Waals surface area contributed by atoms with Crippen molar-refractivity contribution in [2.24, 2.45) is 28.8 Å². The maximum atomic E-state index is 12.4. The Bertz CT molecular complexity index is 631. The van der Waals surface area contributed by atoms with Crippen LogP contribution < -0.4 is 0 Å². The van der Waals surface area contributed by atoms with Crippen LogP contribution in [0.1, 0.15) is 16.2 Å². The number of hydrogen-bond acceptors (Lipinski definition) is 4. The highest BCUT2D eigenvalue weighted by molar-refractivity contribution is 7.13. The summed E-state index contributed by atoms with van der Waals surface area (Å²) in [6, 6.07) is 3.94. The lowest BCUT2D eigenvalue weighted by atomic mass is 9.85. The minimum Gasteiger partial charge on any atom is -0.272 e. The molecule has 1 aromatic heterocycles. The Morgan fingerprint density at radius 2 is 1.85 bits per heavy atom. The molecule has 2 heterocycles. The van der Waals surface area contributed by atoms with Crippen LogP contribution in [0.2, 0.25) is 0 Å². The molecule has 4 unspecified atom stereocenters. The number of hydrogen-bond donors (Lipinski definition) is 0. The minimum absolute atomic E-state index is 0.124. The summed E-state index contributed by atoms with van der Waals surface area (Å²) >= 11 is 1.60. The molecule has 102 valence electrons. The molecule has 5 heteroatoms. The molecule has 1 aromatic rings. The number of allylic oxidation sites excluding steroid dienone is 2. The molecule has 0 spiro atoms. The fourth-order valence-corrected chi connectivity index (χ4v) is 4.38. The number of carbonyl (C=O) groups excluding carboxylic acids is 2. The molecule has 1 saturated carbocycles. The van der Waals surface area contributed by atoms with Crippen LogP contribution in [0.25, 0.3) is 0 Å². The van der Waals surface area contributed by atoms with Crippen molar-refractivity contribution < 1.29 is 9.59 Å². The molecule has 2 bridgehead atoms. The van der Waals surface area contributed by atoms with Gasteiger partial charge in [0.15, 0.2) is 0 Å². The van der Waals surface area contributed by atoms with Gasteiger partial charge in [0.05, 0.1) is 18.1 Å². The van der Waals surface area contributed by atoms with E-state index in [-0.39, 0.29) is 35.5 Å². The normalized spacial score (nSPS) is 34.8. The van der Waals surface area contributed by atoms with Crippen molar-refractivity contribution in [1.82, 2.24) is 5.01 Å². The van der Waals surface area contributed by atoms with Crippen LogP contribution in [0.15, 0.2) is 29.4 Å². The van der Waals surface area contributed by atoms with Crippen molar-refractivity contribution in [1.29, 1.82) is 0 Å². The van der Waals surface area contributed by atoms with E-state index in [2.05, 4.69) is 17.3 Å². The number of thiophene rings is 1. The fourth-order valence-electron chi connectivity index (χ4n) is 3.64. The Balaban J connectivity index is 1.60. The molecular weight excluding hydrogens is 272 g/mol. The van der Waals surface area contributed by atoms with Gasteiger partial charge in [-0.15, -0.1) is 11.3 Å². The van der Waals surface area contributed by atoms with Crippen LogP contribution in [-0.4, -0.2) is 23.0 Å². The lowest BCUT2D eigenvalue weighted by Gasteiger charge is -2.13. The number of nitrogens with zero attached hydrogens (tertiary/aromatic N) is 2. The quantitative estimate of drug-likeness (QED) is 0.475. The number of aryl methyl sites for hydroxylation is 1. The van der Waals surface area contributed by atoms with Crippen LogP contribution in [0, 0.1) is 30.6 Å². The average Bonchev–Trinajstić information content (AvgIpc) is 3.15. The van der Waals surface area contributed by atoms with Gasteiger partial charge in [0.1, 0.15) is 0 Å². The Morgan fingerprint density at radius 1 is 1.20 bits per heavy atom. The highest BCUT2D eigenvalue weighted by Gasteiger charge is 2.59. The molecule has 4 rings (SSSR count). The van der Waals surface area contributed by atoms with Crippen LogP contribution in [0.3, 0.4) is 0 Å². The summed E-state index contributed by atoms with van der Waals surface area (Å²) in [5.74, 6) is -0.0986. The second-order valence-electron chi connectivity index (χ2n) is 5.68. The molecule has 4 atom stereocenters. The maximum Gasteiger partial charge on any atom is 0.254 e. The molecule has 1 aliphatic heterocycles. The number of imide groups is 1. The van der Waals surface area contributed by atoms with E-state index in [0.717, 1.165) is 16.3 Å². The van der Waals surface area contributed by atoms with E-state index < -0.39 is 0 Å². The SMILES string of the molecule is Cc1ccc(C=NN2C(=O)C3C4C=CC(C4)C3C2=O)s1. The number of rotatable bonds is 2. The number of hydrazone groups is 1. The first-order valence-electron chi connectivity index (χ1n) is 6.82. The van der Waals surface area contributed by atoms with Gasteiger partial charge in [-0.1, -0.05) is 12.2 Å². The lowest BCUT2D eigenvalue weighted by Crippen LogP contribution is -2.28. The molecular formula is C15H14N2O2S. The molecule has 1 saturated heterocycles. The van der Waals surface area contributed by atoms with Gasteiger partial charge in [-0.05, 0) is 37.3 Å². The molecule has 2 amide bonds. The van der Waals surface area contributed by atoms with Crippen LogP contribution in [0.4, 0.5) is 0 Å². The van der Waals surface area contributed by atoms with E-state index in [0.29, 0.717) is 0 Å². The van der Waals surface area contributed by atoms with E-state index in [4.69, 9.17) is 0 Å². The Morgan fingerprint density at radius 3 is 2.40 bits per heavy atom. The van der Waals surface area contributed by atoms with Crippen molar-refractivity contribution in [3.8, 4) is 0 Å². The first-order valence-corrected chi connectivity index (χ1v) is 7.63. The zero-order chi connectivity index (χ0) is 13.9. The van der Waals surface area contributed by atoms with Crippen molar-refractivity contribution >= 4 is 29.4 Å². The van der Waals surface area contributed by atoms with Crippen molar-refractivity contribution in [3.63, 3.8) is 0 Å². The van der Waals surface area contributed by atoms with Crippen LogP contribution >= 0.6 is 11.3 Å². The zero-order valence-electron chi connectivity index (χ0n) is 11.0. The summed E-state index contributed by atoms with van der Waals surface area (Å²) in [5.41, 5.74) is 0. The minimum atomic E-state index is -0.167. The Labute approximate surface area is 120 Å². The van der Waals surface area contributed by atoms with Gasteiger partial charge in [-0.3, -0.25) is 9.59 Å². The van der Waals surface area contributed by atoms with Gasteiger partial charge in [0.2, 0.25) is 0 Å². The molecule has 20 heavy (non-hydrogen) atoms. The van der Waals surface area contributed by atoms with Gasteiger partial charge in [0.25, 0.3) is 11.8 Å². The molecule has 4 nitrogen and oxygen atoms in total. The third-order valence-electron chi connectivity index (χ3n) is 4.51. The van der Waals surface area contributed by atoms with Gasteiger partial charge in [0, 0.05) is 9.75 Å². The summed E-state index contributed by atoms with van der Waals surface area (Å²) < 4.78 is 0. The van der Waals surface area contributed by atoms with E-state index in [1.807, 2.05) is 19.1 Å². The van der Waals surface area contributed by atoms with Gasteiger partial charge in [-0.25, -0.2) is 0 Å². The molecule has 2 aliphatic carbocycles. The summed E-state index contributed by atoms with van der Waals surface area (Å²) in [4.78, 5) is 26.9. The Kier molecular flexibility index (Phi) is 2.48. The summed E-state index contributed by atoms with van der Waals surface area (Å²) in [6.45, 7) is 2.02. The van der Waals surface area contributed by atoms with Crippen LogP contribution in [0.5, 0.6) is 0 Å². The largest absolute Gasteiger partial charge is 0.272 e. The van der Waals surface area contributed by atoms with Gasteiger partial charge in [-0.2, -0.15) is 10.1 Å². The van der Waals surface area contributed by atoms with E-state index in [1.54, 1.807) is 17.6 Å². The fraction of sp³-hybridized carbons (Fsp3) is 0.400. The first kappa shape index (κ1) is 12.0. The van der Waals surface area contributed by atoms with Gasteiger partial charge < -0.3 is 0 Å². The average molecular weight is 286 g/mol. The lowest BCUT2D eigenvalue weighted by molar-refractivity contribution is -0.140. The smallest absolute Gasteiger partial charge is 0.254 e. The monoisotopic (exact) mass is 286 g/mol. The standard InChI is InChI=1S/C15H14N2O2S/c1-8-2-5-11(20-8)7-16-17-14(18)12-9-3-4-10(6-9)13(12)15(17)19/h2-5,7,9-10,12-13H,6H2,1H3. The van der Waals surface area contributed by atoms with Gasteiger partial charge >= 0.3 is 0 Å². The van der Waals surface area contributed by atoms with E-state index in [1.165, 1.54) is 4.88 Å². The second kappa shape index (κ2) is 4.12. The molecule has 3 aliphatic rings. The predicted octanol–water partition coefficient (Wildman–Crippen LogP) is 2.20. The highest BCUT2D eigenvalue weighted by atomic mass is 32.1.